The summed E-state index contributed by atoms with van der Waals surface area (Å²) in [6.45, 7) is 33.7. The monoisotopic (exact) mass is 837 g/mol. The molecule has 1 aromatic heterocycles. The second kappa shape index (κ2) is 15.2. The van der Waals surface area contributed by atoms with Crippen LogP contribution in [-0.2, 0) is 0 Å². The fourth-order valence-corrected chi connectivity index (χ4v) is 12.4. The van der Waals surface area contributed by atoms with Crippen molar-refractivity contribution in [2.24, 2.45) is 0 Å². The van der Waals surface area contributed by atoms with Gasteiger partial charge in [-0.15, -0.1) is 0 Å². The molecule has 4 fully saturated rings. The molecule has 0 bridgehead atoms. The minimum absolute atomic E-state index is 0.0650. The average molecular weight is 837 g/mol. The van der Waals surface area contributed by atoms with Crippen molar-refractivity contribution in [3.8, 4) is 0 Å². The van der Waals surface area contributed by atoms with E-state index >= 15 is 0 Å². The summed E-state index contributed by atoms with van der Waals surface area (Å²) >= 11 is 0. The molecule has 5 heterocycles. The van der Waals surface area contributed by atoms with Gasteiger partial charge in [-0.3, -0.25) is 0 Å². The van der Waals surface area contributed by atoms with Gasteiger partial charge in [0.2, 0.25) is 17.8 Å². The quantitative estimate of drug-likeness (QED) is 0.201. The molecule has 4 saturated heterocycles. The van der Waals surface area contributed by atoms with Crippen LogP contribution in [0.25, 0.3) is 0 Å². The van der Waals surface area contributed by atoms with Crippen LogP contribution in [-0.4, -0.2) is 132 Å². The minimum atomic E-state index is -0.552. The molecule has 338 valence electrons. The highest BCUT2D eigenvalue weighted by Crippen LogP contribution is 2.48. The van der Waals surface area contributed by atoms with Crippen LogP contribution in [0.1, 0.15) is 162 Å². The lowest BCUT2D eigenvalue weighted by atomic mass is 9.74. The van der Waals surface area contributed by atoms with E-state index in [4.69, 9.17) is 15.0 Å². The molecular weight excluding hydrogens is 757 g/mol. The first-order chi connectivity index (χ1) is 27.2. The normalized spacial score (nSPS) is 27.4. The Hall–Kier alpha value is -2.69. The third-order valence-electron chi connectivity index (χ3n) is 14.5. The molecule has 2 aromatic rings. The Morgan fingerprint density at radius 1 is 0.400 bits per heavy atom. The minimum Gasteiger partial charge on any atom is -0.334 e. The number of rotatable bonds is 8. The van der Waals surface area contributed by atoms with Gasteiger partial charge in [0.25, 0.3) is 0 Å². The van der Waals surface area contributed by atoms with Gasteiger partial charge in [-0.2, -0.15) is 35.2 Å². The summed E-state index contributed by atoms with van der Waals surface area (Å²) in [7, 11) is 2.01. The molecule has 4 aliphatic rings. The molecule has 0 aliphatic carbocycles. The number of para-hydroxylation sites is 1. The molecule has 0 saturated carbocycles. The summed E-state index contributed by atoms with van der Waals surface area (Å²) < 4.78 is 0. The van der Waals surface area contributed by atoms with E-state index in [0.29, 0.717) is 69.2 Å². The molecule has 6 rings (SSSR count). The van der Waals surface area contributed by atoms with Gasteiger partial charge < -0.3 is 35.5 Å². The van der Waals surface area contributed by atoms with Gasteiger partial charge in [0.1, 0.15) is 0 Å². The summed E-state index contributed by atoms with van der Waals surface area (Å²) in [4.78, 5) is 23.5. The van der Waals surface area contributed by atoms with E-state index in [-0.39, 0.29) is 24.2 Å². The van der Waals surface area contributed by atoms with Crippen LogP contribution in [0.3, 0.4) is 0 Å². The van der Waals surface area contributed by atoms with Crippen molar-refractivity contribution in [2.75, 3.05) is 21.7 Å². The molecule has 60 heavy (non-hydrogen) atoms. The predicted molar refractivity (Wildman–Crippen MR) is 239 cm³/mol. The number of anilines is 4. The number of hydrogen-bond acceptors (Lipinski definition) is 14. The Kier molecular flexibility index (Phi) is 11.9. The molecule has 14 heteroatoms. The average Bonchev–Trinajstić information content (AvgIpc) is 3.10. The first-order valence-electron chi connectivity index (χ1n) is 22.3. The second-order valence-electron chi connectivity index (χ2n) is 23.9. The summed E-state index contributed by atoms with van der Waals surface area (Å²) in [6.07, 6.45) is 5.30. The number of hydrogen-bond donors (Lipinski definition) is 4. The molecule has 4 N–H and O–H groups in total. The lowest BCUT2D eigenvalue weighted by molar-refractivity contribution is -0.251. The van der Waals surface area contributed by atoms with Crippen LogP contribution < -0.4 is 14.7 Å². The van der Waals surface area contributed by atoms with Crippen molar-refractivity contribution < 1.29 is 20.8 Å². The number of nitrogens with zero attached hydrogens (tertiary/aromatic N) is 10. The molecule has 1 aromatic carbocycles. The van der Waals surface area contributed by atoms with Crippen LogP contribution >= 0.6 is 0 Å². The summed E-state index contributed by atoms with van der Waals surface area (Å²) in [5.74, 6) is 1.67. The summed E-state index contributed by atoms with van der Waals surface area (Å²) in [6, 6.07) is 9.91. The third kappa shape index (κ3) is 8.65. The van der Waals surface area contributed by atoms with E-state index in [1.807, 2.05) is 30.1 Å². The lowest BCUT2D eigenvalue weighted by Gasteiger charge is -2.59. The molecule has 0 unspecified atom stereocenters. The maximum absolute atomic E-state index is 11.6. The Morgan fingerprint density at radius 3 is 0.850 bits per heavy atom. The zero-order valence-electron chi connectivity index (χ0n) is 40.1. The van der Waals surface area contributed by atoms with Crippen molar-refractivity contribution >= 4 is 23.5 Å². The van der Waals surface area contributed by atoms with Crippen LogP contribution in [0.5, 0.6) is 0 Å². The smallest absolute Gasteiger partial charge is 0.236 e. The molecule has 0 radical (unpaired) electrons. The first kappa shape index (κ1) is 46.8. The Balaban J connectivity index is 1.64. The zero-order chi connectivity index (χ0) is 45.0. The van der Waals surface area contributed by atoms with E-state index in [9.17, 15) is 20.8 Å². The van der Waals surface area contributed by atoms with Gasteiger partial charge in [-0.25, -0.2) is 0 Å². The molecule has 0 amide bonds. The molecule has 14 nitrogen and oxygen atoms in total. The highest BCUT2D eigenvalue weighted by Gasteiger charge is 2.55. The topological polar surface area (TPSA) is 142 Å². The third-order valence-corrected chi connectivity index (χ3v) is 14.5. The molecule has 0 atom stereocenters. The van der Waals surface area contributed by atoms with E-state index in [0.717, 1.165) is 5.69 Å². The van der Waals surface area contributed by atoms with E-state index in [2.05, 4.69) is 133 Å². The van der Waals surface area contributed by atoms with E-state index < -0.39 is 44.3 Å². The summed E-state index contributed by atoms with van der Waals surface area (Å²) in [5, 5.41) is 52.4. The highest BCUT2D eigenvalue weighted by atomic mass is 16.5. The van der Waals surface area contributed by atoms with Gasteiger partial charge in [0, 0.05) is 81.2 Å². The maximum Gasteiger partial charge on any atom is 0.236 e. The maximum atomic E-state index is 11.6. The van der Waals surface area contributed by atoms with Crippen LogP contribution in [0.2, 0.25) is 0 Å². The van der Waals surface area contributed by atoms with Crippen molar-refractivity contribution in [2.45, 2.75) is 231 Å². The fraction of sp³-hybridized carbons (Fsp3) is 0.804. The second-order valence-corrected chi connectivity index (χ2v) is 23.9. The fourth-order valence-electron chi connectivity index (χ4n) is 12.4. The molecular formula is C46H80N10O4. The standard InChI is InChI=1S/C46H80N10O4/c1-39(2)23-32(24-40(3,4)53(39)57)51(33-25-41(5,6)54(58)42(7,8)26-33)37-47-36(50(17)31-21-19-18-20-22-31)48-38(49-37)52(34-27-43(9,10)55(59)44(11,12)28-34)35-29-45(13,14)56(60)46(15,16)30-35/h18-22,32-35,57-60H,23-30H2,1-17H3. The van der Waals surface area contributed by atoms with Crippen LogP contribution in [0.15, 0.2) is 30.3 Å². The highest BCUT2D eigenvalue weighted by molar-refractivity contribution is 5.59. The van der Waals surface area contributed by atoms with Crippen LogP contribution in [0, 0.1) is 0 Å². The van der Waals surface area contributed by atoms with Crippen molar-refractivity contribution in [3.05, 3.63) is 30.3 Å². The van der Waals surface area contributed by atoms with E-state index in [1.54, 1.807) is 0 Å². The Morgan fingerprint density at radius 2 is 0.617 bits per heavy atom. The van der Waals surface area contributed by atoms with Gasteiger partial charge in [-0.1, -0.05) is 18.2 Å². The van der Waals surface area contributed by atoms with Gasteiger partial charge >= 0.3 is 0 Å². The number of aromatic nitrogens is 3. The summed E-state index contributed by atoms with van der Waals surface area (Å²) in [5.41, 5.74) is -3.47. The number of benzene rings is 1. The Bertz CT molecular complexity index is 1590. The first-order valence-corrected chi connectivity index (χ1v) is 22.3. The van der Waals surface area contributed by atoms with Gasteiger partial charge in [0.15, 0.2) is 0 Å². The Labute approximate surface area is 361 Å². The zero-order valence-corrected chi connectivity index (χ0v) is 40.1. The van der Waals surface area contributed by atoms with Crippen LogP contribution in [0.4, 0.5) is 23.5 Å². The number of hydroxylamine groups is 8. The van der Waals surface area contributed by atoms with Crippen molar-refractivity contribution in [1.82, 2.24) is 35.2 Å². The predicted octanol–water partition coefficient (Wildman–Crippen LogP) is 8.90. The van der Waals surface area contributed by atoms with Gasteiger partial charge in [-0.05, 0) is 174 Å². The van der Waals surface area contributed by atoms with Gasteiger partial charge in [0.05, 0.1) is 0 Å². The largest absolute Gasteiger partial charge is 0.334 e. The van der Waals surface area contributed by atoms with E-state index in [1.165, 1.54) is 20.3 Å². The lowest BCUT2D eigenvalue weighted by Crippen LogP contribution is -2.68. The number of piperidine rings is 4. The van der Waals surface area contributed by atoms with Crippen molar-refractivity contribution in [3.63, 3.8) is 0 Å². The molecule has 4 aliphatic heterocycles. The molecule has 0 spiro atoms. The SMILES string of the molecule is CN(c1ccccc1)c1nc(N(C2CC(C)(C)N(O)C(C)(C)C2)C2CC(C)(C)N(O)C(C)(C)C2)nc(N(C2CC(C)(C)N(O)C(C)(C)C2)C2CC(C)(C)N(O)C(C)(C)C2)n1. The van der Waals surface area contributed by atoms with Crippen molar-refractivity contribution in [1.29, 1.82) is 0 Å².